The molecule has 9 heteroatoms. The first-order chi connectivity index (χ1) is 14.7. The molecule has 0 aliphatic heterocycles. The van der Waals surface area contributed by atoms with Crippen molar-refractivity contribution in [3.8, 4) is 0 Å². The molecule has 0 saturated carbocycles. The molecule has 0 saturated heterocycles. The van der Waals surface area contributed by atoms with E-state index in [2.05, 4.69) is 18.2 Å². The van der Waals surface area contributed by atoms with E-state index in [0.29, 0.717) is 15.4 Å². The number of carbonyl (C=O) groups is 1. The van der Waals surface area contributed by atoms with Gasteiger partial charge in [-0.3, -0.25) is 4.79 Å². The Morgan fingerprint density at radius 3 is 2.35 bits per heavy atom. The van der Waals surface area contributed by atoms with Crippen LogP contribution in [0.15, 0.2) is 71.6 Å². The van der Waals surface area contributed by atoms with Crippen molar-refractivity contribution in [1.82, 2.24) is 8.87 Å². The Kier molecular flexibility index (Phi) is 6.96. The molecule has 1 heterocycles. The Bertz CT molecular complexity index is 1330. The largest absolute Gasteiger partial charge is 0.319 e. The summed E-state index contributed by atoms with van der Waals surface area (Å²) in [5.41, 5.74) is 2.14. The normalized spacial score (nSPS) is 12.5. The highest BCUT2D eigenvalue weighted by Crippen LogP contribution is 2.26. The van der Waals surface area contributed by atoms with Gasteiger partial charge >= 0.3 is 0 Å². The van der Waals surface area contributed by atoms with Crippen LogP contribution in [0.1, 0.15) is 15.9 Å². The fraction of sp³-hybridized carbons (Fsp3) is 0.182. The lowest BCUT2D eigenvalue weighted by Gasteiger charge is -2.19. The van der Waals surface area contributed by atoms with Gasteiger partial charge in [0.1, 0.15) is 0 Å². The molecule has 0 aliphatic rings. The van der Waals surface area contributed by atoms with Gasteiger partial charge in [-0.25, -0.2) is 8.42 Å². The van der Waals surface area contributed by atoms with Gasteiger partial charge in [0.25, 0.3) is 5.91 Å². The summed E-state index contributed by atoms with van der Waals surface area (Å²) in [6.07, 6.45) is 3.02. The summed E-state index contributed by atoms with van der Waals surface area (Å²) in [6.45, 7) is 9.44. The smallest absolute Gasteiger partial charge is 0.279 e. The molecule has 162 valence electrons. The van der Waals surface area contributed by atoms with Crippen molar-refractivity contribution in [3.63, 3.8) is 0 Å². The van der Waals surface area contributed by atoms with E-state index < -0.39 is 15.9 Å². The lowest BCUT2D eigenvalue weighted by Crippen LogP contribution is -2.31. The first kappa shape index (κ1) is 23.1. The number of aromatic nitrogens is 1. The number of benzene rings is 2. The number of hydrogen-bond acceptors (Lipinski definition) is 4. The molecule has 2 aromatic carbocycles. The molecular weight excluding hydrogens is 454 g/mol. The van der Waals surface area contributed by atoms with Crippen LogP contribution in [0.4, 0.5) is 0 Å². The number of sulfonamides is 1. The van der Waals surface area contributed by atoms with Gasteiger partial charge in [-0.1, -0.05) is 35.1 Å². The number of rotatable bonds is 7. The second-order valence-corrected chi connectivity index (χ2v) is 10.2. The van der Waals surface area contributed by atoms with Gasteiger partial charge in [-0.05, 0) is 48.9 Å². The van der Waals surface area contributed by atoms with Crippen LogP contribution in [0.2, 0.25) is 5.02 Å². The molecule has 0 radical (unpaired) electrons. The molecular formula is C22H22ClN3O3S2. The summed E-state index contributed by atoms with van der Waals surface area (Å²) < 4.78 is 29.7. The zero-order chi connectivity index (χ0) is 22.8. The zero-order valence-electron chi connectivity index (χ0n) is 17.2. The number of thiazole rings is 1. The Morgan fingerprint density at radius 2 is 1.77 bits per heavy atom. The van der Waals surface area contributed by atoms with Crippen molar-refractivity contribution in [2.75, 3.05) is 13.1 Å². The fourth-order valence-electron chi connectivity index (χ4n) is 3.14. The zero-order valence-corrected chi connectivity index (χ0v) is 19.6. The molecule has 31 heavy (non-hydrogen) atoms. The van der Waals surface area contributed by atoms with Crippen molar-refractivity contribution in [2.24, 2.45) is 12.0 Å². The van der Waals surface area contributed by atoms with E-state index >= 15 is 0 Å². The van der Waals surface area contributed by atoms with Gasteiger partial charge in [-0.2, -0.15) is 9.30 Å². The Balaban J connectivity index is 1.95. The predicted octanol–water partition coefficient (Wildman–Crippen LogP) is 4.31. The van der Waals surface area contributed by atoms with Gasteiger partial charge in [0.2, 0.25) is 10.0 Å². The third-order valence-corrected chi connectivity index (χ3v) is 8.11. The van der Waals surface area contributed by atoms with E-state index in [0.717, 1.165) is 15.8 Å². The molecule has 0 fully saturated rings. The summed E-state index contributed by atoms with van der Waals surface area (Å²) in [6, 6.07) is 9.47. The monoisotopic (exact) mass is 475 g/mol. The van der Waals surface area contributed by atoms with Gasteiger partial charge in [0.15, 0.2) is 4.80 Å². The van der Waals surface area contributed by atoms with Gasteiger partial charge < -0.3 is 4.57 Å². The minimum atomic E-state index is -3.73. The first-order valence-corrected chi connectivity index (χ1v) is 12.0. The number of fused-ring (bicyclic) bond motifs is 1. The van der Waals surface area contributed by atoms with Crippen molar-refractivity contribution >= 4 is 49.1 Å². The van der Waals surface area contributed by atoms with Crippen molar-refractivity contribution in [1.29, 1.82) is 0 Å². The van der Waals surface area contributed by atoms with Crippen LogP contribution in [-0.2, 0) is 17.1 Å². The van der Waals surface area contributed by atoms with Crippen molar-refractivity contribution in [2.45, 2.75) is 11.8 Å². The van der Waals surface area contributed by atoms with Crippen LogP contribution in [0.3, 0.4) is 0 Å². The number of amides is 1. The second kappa shape index (κ2) is 9.32. The summed E-state index contributed by atoms with van der Waals surface area (Å²) in [4.78, 5) is 17.6. The third-order valence-electron chi connectivity index (χ3n) is 4.75. The van der Waals surface area contributed by atoms with Crippen LogP contribution in [0, 0.1) is 6.92 Å². The van der Waals surface area contributed by atoms with Crippen LogP contribution in [0.5, 0.6) is 0 Å². The number of aryl methyl sites for hydroxylation is 2. The van der Waals surface area contributed by atoms with E-state index in [1.165, 1.54) is 52.1 Å². The lowest BCUT2D eigenvalue weighted by atomic mass is 10.2. The van der Waals surface area contributed by atoms with E-state index in [4.69, 9.17) is 11.6 Å². The molecule has 0 unspecified atom stereocenters. The average Bonchev–Trinajstić information content (AvgIpc) is 3.06. The average molecular weight is 476 g/mol. The maximum Gasteiger partial charge on any atom is 0.279 e. The molecule has 0 aliphatic carbocycles. The Morgan fingerprint density at radius 1 is 1.16 bits per heavy atom. The SMILES string of the molecule is C=CCN(CC=C)S(=O)(=O)c1ccc(C(=O)N=c2sc3ccc(Cl)c(C)c3n2C)cc1. The van der Waals surface area contributed by atoms with Gasteiger partial charge in [0.05, 0.1) is 15.1 Å². The highest BCUT2D eigenvalue weighted by Gasteiger charge is 2.22. The van der Waals surface area contributed by atoms with Gasteiger partial charge in [-0.15, -0.1) is 13.2 Å². The first-order valence-electron chi connectivity index (χ1n) is 9.36. The second-order valence-electron chi connectivity index (χ2n) is 6.80. The molecule has 0 N–H and O–H groups in total. The molecule has 1 aromatic heterocycles. The number of carbonyl (C=O) groups excluding carboxylic acids is 1. The third kappa shape index (κ3) is 4.57. The number of nitrogens with zero attached hydrogens (tertiary/aromatic N) is 3. The molecule has 3 rings (SSSR count). The molecule has 6 nitrogen and oxygen atoms in total. The van der Waals surface area contributed by atoms with Crippen LogP contribution in [0.25, 0.3) is 10.2 Å². The molecule has 0 atom stereocenters. The van der Waals surface area contributed by atoms with Crippen LogP contribution in [-0.4, -0.2) is 36.3 Å². The number of hydrogen-bond donors (Lipinski definition) is 0. The maximum absolute atomic E-state index is 12.8. The fourth-order valence-corrected chi connectivity index (χ4v) is 5.75. The topological polar surface area (TPSA) is 71.7 Å². The Hall–Kier alpha value is -2.52. The van der Waals surface area contributed by atoms with Crippen LogP contribution >= 0.6 is 22.9 Å². The lowest BCUT2D eigenvalue weighted by molar-refractivity contribution is 0.0998. The van der Waals surface area contributed by atoms with Crippen molar-refractivity contribution in [3.05, 3.63) is 82.7 Å². The highest BCUT2D eigenvalue weighted by molar-refractivity contribution is 7.89. The maximum atomic E-state index is 12.8. The quantitative estimate of drug-likeness (QED) is 0.478. The van der Waals surface area contributed by atoms with E-state index in [1.54, 1.807) is 0 Å². The van der Waals surface area contributed by atoms with Crippen molar-refractivity contribution < 1.29 is 13.2 Å². The highest BCUT2D eigenvalue weighted by atomic mass is 35.5. The molecule has 3 aromatic rings. The standard InChI is InChI=1S/C22H22ClN3O3S2/c1-5-13-26(14-6-2)31(28,29)17-9-7-16(8-10-17)21(27)24-22-25(4)20-15(3)18(23)11-12-19(20)30-22/h5-12H,1-2,13-14H2,3-4H3. The summed E-state index contributed by atoms with van der Waals surface area (Å²) in [5, 5.41) is 0.650. The van der Waals surface area contributed by atoms with Crippen LogP contribution < -0.4 is 4.80 Å². The Labute approximate surface area is 190 Å². The van der Waals surface area contributed by atoms with E-state index in [-0.39, 0.29) is 18.0 Å². The van der Waals surface area contributed by atoms with E-state index in [9.17, 15) is 13.2 Å². The molecule has 0 spiro atoms. The van der Waals surface area contributed by atoms with E-state index in [1.807, 2.05) is 30.7 Å². The summed E-state index contributed by atoms with van der Waals surface area (Å²) in [7, 11) is -1.89. The number of halogens is 1. The summed E-state index contributed by atoms with van der Waals surface area (Å²) >= 11 is 7.60. The molecule has 1 amide bonds. The predicted molar refractivity (Wildman–Crippen MR) is 126 cm³/mol. The minimum Gasteiger partial charge on any atom is -0.319 e. The summed E-state index contributed by atoms with van der Waals surface area (Å²) in [5.74, 6) is -0.455. The molecule has 0 bridgehead atoms. The van der Waals surface area contributed by atoms with Gasteiger partial charge in [0, 0.05) is 30.7 Å². The minimum absolute atomic E-state index is 0.0884.